The lowest BCUT2D eigenvalue weighted by Crippen LogP contribution is -2.54. The van der Waals surface area contributed by atoms with Crippen LogP contribution in [0, 0.1) is 0 Å². The number of rotatable bonds is 5. The van der Waals surface area contributed by atoms with Crippen molar-refractivity contribution in [3.05, 3.63) is 34.9 Å². The van der Waals surface area contributed by atoms with Crippen molar-refractivity contribution in [1.29, 1.82) is 0 Å². The van der Waals surface area contributed by atoms with Gasteiger partial charge in [0.25, 0.3) is 0 Å². The molecule has 6 heteroatoms. The average Bonchev–Trinajstić information content (AvgIpc) is 2.49. The molecule has 0 saturated carbocycles. The Labute approximate surface area is 130 Å². The van der Waals surface area contributed by atoms with Crippen molar-refractivity contribution in [2.45, 2.75) is 18.5 Å². The Morgan fingerprint density at radius 3 is 2.90 bits per heavy atom. The van der Waals surface area contributed by atoms with Crippen molar-refractivity contribution in [3.8, 4) is 0 Å². The smallest absolute Gasteiger partial charge is 0.325 e. The van der Waals surface area contributed by atoms with E-state index in [0.717, 1.165) is 12.0 Å². The zero-order chi connectivity index (χ0) is 15.2. The van der Waals surface area contributed by atoms with E-state index in [-0.39, 0.29) is 18.1 Å². The van der Waals surface area contributed by atoms with Crippen molar-refractivity contribution < 1.29 is 14.3 Å². The zero-order valence-corrected chi connectivity index (χ0v) is 12.9. The lowest BCUT2D eigenvalue weighted by atomic mass is 10.1. The molecule has 0 radical (unpaired) electrons. The van der Waals surface area contributed by atoms with E-state index in [9.17, 15) is 4.79 Å². The molecule has 21 heavy (non-hydrogen) atoms. The summed E-state index contributed by atoms with van der Waals surface area (Å²) in [7, 11) is 1.39. The molecule has 1 fully saturated rings. The number of benzene rings is 1. The van der Waals surface area contributed by atoms with Gasteiger partial charge in [0.1, 0.15) is 6.04 Å². The van der Waals surface area contributed by atoms with Gasteiger partial charge in [-0.05, 0) is 24.1 Å². The van der Waals surface area contributed by atoms with Crippen LogP contribution in [0.2, 0.25) is 5.02 Å². The molecule has 116 valence electrons. The van der Waals surface area contributed by atoms with Crippen LogP contribution in [0.5, 0.6) is 0 Å². The summed E-state index contributed by atoms with van der Waals surface area (Å²) < 4.78 is 10.2. The van der Waals surface area contributed by atoms with Gasteiger partial charge in [0.15, 0.2) is 0 Å². The summed E-state index contributed by atoms with van der Waals surface area (Å²) in [5.74, 6) is -0.270. The van der Waals surface area contributed by atoms with E-state index in [1.54, 1.807) is 0 Å². The molecule has 0 aliphatic carbocycles. The summed E-state index contributed by atoms with van der Waals surface area (Å²) in [5, 5.41) is 0.714. The molecular weight excluding hydrogens is 292 g/mol. The normalized spacial score (nSPS) is 21.0. The van der Waals surface area contributed by atoms with Gasteiger partial charge < -0.3 is 15.2 Å². The standard InChI is InChI=1S/C15H21ClN2O3/c1-20-15(19)14-10-21-7-6-18(14)9-13(17)8-11-2-4-12(16)5-3-11/h2-5,13-14H,6-10,17H2,1H3/t13-,14-/m0/s1. The van der Waals surface area contributed by atoms with Gasteiger partial charge >= 0.3 is 5.97 Å². The molecule has 2 N–H and O–H groups in total. The van der Waals surface area contributed by atoms with Gasteiger partial charge in [-0.2, -0.15) is 0 Å². The summed E-state index contributed by atoms with van der Waals surface area (Å²) in [6, 6.07) is 7.24. The summed E-state index contributed by atoms with van der Waals surface area (Å²) >= 11 is 5.87. The highest BCUT2D eigenvalue weighted by Gasteiger charge is 2.31. The monoisotopic (exact) mass is 312 g/mol. The van der Waals surface area contributed by atoms with Crippen molar-refractivity contribution in [2.75, 3.05) is 33.4 Å². The van der Waals surface area contributed by atoms with E-state index in [2.05, 4.69) is 0 Å². The van der Waals surface area contributed by atoms with Crippen LogP contribution in [-0.4, -0.2) is 56.4 Å². The number of hydrogen-bond donors (Lipinski definition) is 1. The maximum atomic E-state index is 11.8. The van der Waals surface area contributed by atoms with Gasteiger partial charge in [-0.25, -0.2) is 0 Å². The lowest BCUT2D eigenvalue weighted by molar-refractivity contribution is -0.153. The topological polar surface area (TPSA) is 64.8 Å². The van der Waals surface area contributed by atoms with Gasteiger partial charge in [-0.1, -0.05) is 23.7 Å². The van der Waals surface area contributed by atoms with Gasteiger partial charge in [-0.3, -0.25) is 9.69 Å². The molecule has 1 aromatic carbocycles. The minimum absolute atomic E-state index is 0.0589. The number of morpholine rings is 1. The zero-order valence-electron chi connectivity index (χ0n) is 12.1. The first-order valence-electron chi connectivity index (χ1n) is 7.00. The quantitative estimate of drug-likeness (QED) is 0.824. The van der Waals surface area contributed by atoms with Crippen molar-refractivity contribution >= 4 is 17.6 Å². The van der Waals surface area contributed by atoms with Crippen LogP contribution in [0.15, 0.2) is 24.3 Å². The second kappa shape index (κ2) is 7.75. The summed E-state index contributed by atoms with van der Waals surface area (Å²) in [6.07, 6.45) is 0.739. The molecule has 2 atom stereocenters. The van der Waals surface area contributed by atoms with E-state index in [4.69, 9.17) is 26.8 Å². The fraction of sp³-hybridized carbons (Fsp3) is 0.533. The highest BCUT2D eigenvalue weighted by atomic mass is 35.5. The van der Waals surface area contributed by atoms with Crippen molar-refractivity contribution in [1.82, 2.24) is 4.90 Å². The maximum absolute atomic E-state index is 11.8. The third-order valence-electron chi connectivity index (χ3n) is 3.59. The molecule has 5 nitrogen and oxygen atoms in total. The predicted octanol–water partition coefficient (Wildman–Crippen LogP) is 1.08. The van der Waals surface area contributed by atoms with E-state index in [1.165, 1.54) is 7.11 Å². The lowest BCUT2D eigenvalue weighted by Gasteiger charge is -2.35. The van der Waals surface area contributed by atoms with Crippen LogP contribution in [0.25, 0.3) is 0 Å². The molecular formula is C15H21ClN2O3. The summed E-state index contributed by atoms with van der Waals surface area (Å²) in [6.45, 7) is 2.29. The number of carbonyl (C=O) groups is 1. The van der Waals surface area contributed by atoms with Crippen LogP contribution >= 0.6 is 11.6 Å². The third kappa shape index (κ3) is 4.68. The number of hydrogen-bond acceptors (Lipinski definition) is 5. The fourth-order valence-corrected chi connectivity index (χ4v) is 2.62. The second-order valence-corrected chi connectivity index (χ2v) is 5.64. The number of halogens is 1. The van der Waals surface area contributed by atoms with Crippen LogP contribution in [0.4, 0.5) is 0 Å². The Balaban J connectivity index is 1.92. The largest absolute Gasteiger partial charge is 0.468 e. The number of nitrogens with two attached hydrogens (primary N) is 1. The van der Waals surface area contributed by atoms with Crippen LogP contribution in [-0.2, 0) is 20.7 Å². The average molecular weight is 313 g/mol. The van der Waals surface area contributed by atoms with Gasteiger partial charge in [0.2, 0.25) is 0 Å². The predicted molar refractivity (Wildman–Crippen MR) is 81.3 cm³/mol. The molecule has 1 aliphatic rings. The number of esters is 1. The number of nitrogens with zero attached hydrogens (tertiary/aromatic N) is 1. The summed E-state index contributed by atoms with van der Waals surface area (Å²) in [5.41, 5.74) is 7.34. The second-order valence-electron chi connectivity index (χ2n) is 5.20. The Kier molecular flexibility index (Phi) is 5.99. The molecule has 0 unspecified atom stereocenters. The fourth-order valence-electron chi connectivity index (χ4n) is 2.50. The Hall–Kier alpha value is -1.14. The molecule has 1 aliphatic heterocycles. The highest BCUT2D eigenvalue weighted by molar-refractivity contribution is 6.30. The van der Waals surface area contributed by atoms with E-state index in [0.29, 0.717) is 31.3 Å². The molecule has 0 spiro atoms. The number of ether oxygens (including phenoxy) is 2. The van der Waals surface area contributed by atoms with E-state index in [1.807, 2.05) is 29.2 Å². The van der Waals surface area contributed by atoms with Gasteiger partial charge in [0.05, 0.1) is 20.3 Å². The molecule has 1 aromatic rings. The van der Waals surface area contributed by atoms with E-state index < -0.39 is 0 Å². The maximum Gasteiger partial charge on any atom is 0.325 e. The van der Waals surface area contributed by atoms with Gasteiger partial charge in [-0.15, -0.1) is 0 Å². The first kappa shape index (κ1) is 16.2. The Bertz CT molecular complexity index is 466. The first-order valence-corrected chi connectivity index (χ1v) is 7.37. The van der Waals surface area contributed by atoms with Crippen molar-refractivity contribution in [3.63, 3.8) is 0 Å². The molecule has 1 saturated heterocycles. The molecule has 0 amide bonds. The van der Waals surface area contributed by atoms with Gasteiger partial charge in [0, 0.05) is 24.2 Å². The van der Waals surface area contributed by atoms with Crippen LogP contribution in [0.1, 0.15) is 5.56 Å². The highest BCUT2D eigenvalue weighted by Crippen LogP contribution is 2.13. The molecule has 0 aromatic heterocycles. The van der Waals surface area contributed by atoms with Crippen molar-refractivity contribution in [2.24, 2.45) is 5.73 Å². The Morgan fingerprint density at radius 1 is 1.52 bits per heavy atom. The molecule has 2 rings (SSSR count). The SMILES string of the molecule is COC(=O)[C@@H]1COCCN1C[C@@H](N)Cc1ccc(Cl)cc1. The Morgan fingerprint density at radius 2 is 2.24 bits per heavy atom. The molecule has 0 bridgehead atoms. The number of carbonyl (C=O) groups excluding carboxylic acids is 1. The van der Waals surface area contributed by atoms with Crippen LogP contribution in [0.3, 0.4) is 0 Å². The minimum Gasteiger partial charge on any atom is -0.468 e. The summed E-state index contributed by atoms with van der Waals surface area (Å²) in [4.78, 5) is 13.8. The minimum atomic E-state index is -0.361. The van der Waals surface area contributed by atoms with Crippen LogP contribution < -0.4 is 5.73 Å². The third-order valence-corrected chi connectivity index (χ3v) is 3.84. The number of methoxy groups -OCH3 is 1. The first-order chi connectivity index (χ1) is 10.1. The van der Waals surface area contributed by atoms with E-state index >= 15 is 0 Å². The molecule has 1 heterocycles.